The van der Waals surface area contributed by atoms with Gasteiger partial charge in [-0.25, -0.2) is 0 Å². The maximum absolute atomic E-state index is 9.27. The smallest absolute Gasteiger partial charge is 0.103 e. The van der Waals surface area contributed by atoms with Crippen molar-refractivity contribution < 1.29 is 0 Å². The fraction of sp³-hybridized carbons (Fsp3) is 0.214. The lowest BCUT2D eigenvalue weighted by Gasteiger charge is -2.23. The third kappa shape index (κ3) is 3.15. The van der Waals surface area contributed by atoms with Gasteiger partial charge in [-0.3, -0.25) is 0 Å². The first kappa shape index (κ1) is 13.4. The highest BCUT2D eigenvalue weighted by Gasteiger charge is 2.12. The molecule has 2 nitrogen and oxygen atoms in total. The highest BCUT2D eigenvalue weighted by atomic mass is 32.2. The molecule has 1 rings (SSSR count). The minimum Gasteiger partial charge on any atom is -0.363 e. The topological polar surface area (TPSA) is 27.0 Å². The Labute approximate surface area is 107 Å². The number of benzene rings is 1. The number of hydrogen-bond acceptors (Lipinski definition) is 3. The average Bonchev–Trinajstić information content (AvgIpc) is 2.37. The van der Waals surface area contributed by atoms with Crippen LogP contribution in [0.15, 0.2) is 48.4 Å². The van der Waals surface area contributed by atoms with Crippen molar-refractivity contribution in [3.8, 4) is 6.07 Å². The molecule has 0 fully saturated rings. The minimum absolute atomic E-state index is 0.707. The second-order valence-corrected chi connectivity index (χ2v) is 4.30. The molecule has 1 aromatic carbocycles. The van der Waals surface area contributed by atoms with Gasteiger partial charge < -0.3 is 4.90 Å². The zero-order chi connectivity index (χ0) is 12.7. The molecule has 0 aliphatic heterocycles. The van der Waals surface area contributed by atoms with Crippen LogP contribution in [0.3, 0.4) is 0 Å². The van der Waals surface area contributed by atoms with E-state index in [1.54, 1.807) is 11.8 Å². The van der Waals surface area contributed by atoms with Crippen molar-refractivity contribution in [3.63, 3.8) is 0 Å². The fourth-order valence-corrected chi connectivity index (χ4v) is 2.22. The number of anilines is 1. The van der Waals surface area contributed by atoms with E-state index in [4.69, 9.17) is 0 Å². The Morgan fingerprint density at radius 3 is 2.47 bits per heavy atom. The summed E-state index contributed by atoms with van der Waals surface area (Å²) >= 11 is 1.59. The molecule has 1 aromatic rings. The second-order valence-electron chi connectivity index (χ2n) is 3.45. The Morgan fingerprint density at radius 2 is 2.00 bits per heavy atom. The zero-order valence-corrected chi connectivity index (χ0v) is 10.8. The SMILES string of the molecule is C=CCN(CC=C)c1cccc(SC)c1C#N. The average molecular weight is 244 g/mol. The van der Waals surface area contributed by atoms with E-state index in [1.165, 1.54) is 0 Å². The number of nitrogens with zero attached hydrogens (tertiary/aromatic N) is 2. The monoisotopic (exact) mass is 244 g/mol. The Morgan fingerprint density at radius 1 is 1.35 bits per heavy atom. The van der Waals surface area contributed by atoms with Gasteiger partial charge in [0.1, 0.15) is 6.07 Å². The third-order valence-electron chi connectivity index (χ3n) is 2.38. The number of nitriles is 1. The molecule has 0 amide bonds. The summed E-state index contributed by atoms with van der Waals surface area (Å²) in [5.41, 5.74) is 1.67. The molecule has 0 N–H and O–H groups in total. The van der Waals surface area contributed by atoms with Gasteiger partial charge in [0, 0.05) is 18.0 Å². The first-order valence-corrected chi connectivity index (χ1v) is 6.54. The second kappa shape index (κ2) is 6.82. The molecule has 0 aliphatic carbocycles. The highest BCUT2D eigenvalue weighted by Crippen LogP contribution is 2.28. The molecule has 88 valence electrons. The van der Waals surface area contributed by atoms with Gasteiger partial charge in [-0.1, -0.05) is 18.2 Å². The molecule has 0 aromatic heterocycles. The standard InChI is InChI=1S/C14H16N2S/c1-4-9-16(10-5-2)13-7-6-8-14(17-3)12(13)11-15/h4-8H,1-2,9-10H2,3H3. The van der Waals surface area contributed by atoms with Gasteiger partial charge >= 0.3 is 0 Å². The third-order valence-corrected chi connectivity index (χ3v) is 3.16. The first-order valence-electron chi connectivity index (χ1n) is 5.32. The van der Waals surface area contributed by atoms with Gasteiger partial charge in [-0.2, -0.15) is 5.26 Å². The summed E-state index contributed by atoms with van der Waals surface area (Å²) in [6, 6.07) is 8.18. The lowest BCUT2D eigenvalue weighted by Crippen LogP contribution is -2.24. The lowest BCUT2D eigenvalue weighted by molar-refractivity contribution is 0.950. The molecule has 0 bridgehead atoms. The summed E-state index contributed by atoms with van der Waals surface area (Å²) in [4.78, 5) is 3.08. The molecule has 3 heteroatoms. The number of thioether (sulfide) groups is 1. The van der Waals surface area contributed by atoms with Gasteiger partial charge in [0.15, 0.2) is 0 Å². The summed E-state index contributed by atoms with van der Waals surface area (Å²) in [6.45, 7) is 8.90. The molecule has 0 saturated heterocycles. The van der Waals surface area contributed by atoms with Crippen LogP contribution in [0, 0.1) is 11.3 Å². The lowest BCUT2D eigenvalue weighted by atomic mass is 10.1. The van der Waals surface area contributed by atoms with E-state index in [1.807, 2.05) is 36.6 Å². The molecular weight excluding hydrogens is 228 g/mol. The Bertz CT molecular complexity index is 436. The Hall–Kier alpha value is -1.66. The van der Waals surface area contributed by atoms with Crippen molar-refractivity contribution in [1.82, 2.24) is 0 Å². The van der Waals surface area contributed by atoms with Crippen LogP contribution in [-0.2, 0) is 0 Å². The van der Waals surface area contributed by atoms with E-state index in [0.717, 1.165) is 16.1 Å². The van der Waals surface area contributed by atoms with Gasteiger partial charge in [0.05, 0.1) is 11.3 Å². The van der Waals surface area contributed by atoms with E-state index in [0.29, 0.717) is 13.1 Å². The van der Waals surface area contributed by atoms with Crippen molar-refractivity contribution in [2.75, 3.05) is 24.2 Å². The normalized spacial score (nSPS) is 9.41. The maximum Gasteiger partial charge on any atom is 0.103 e. The van der Waals surface area contributed by atoms with Crippen LogP contribution < -0.4 is 4.90 Å². The van der Waals surface area contributed by atoms with Gasteiger partial charge in [-0.05, 0) is 18.4 Å². The summed E-state index contributed by atoms with van der Waals surface area (Å²) in [5.74, 6) is 0. The molecule has 0 saturated carbocycles. The molecule has 0 radical (unpaired) electrons. The fourth-order valence-electron chi connectivity index (χ4n) is 1.65. The quantitative estimate of drug-likeness (QED) is 0.566. The van der Waals surface area contributed by atoms with E-state index >= 15 is 0 Å². The van der Waals surface area contributed by atoms with Crippen LogP contribution in [0.25, 0.3) is 0 Å². The zero-order valence-electron chi connectivity index (χ0n) is 10.0. The van der Waals surface area contributed by atoms with Crippen LogP contribution in [-0.4, -0.2) is 19.3 Å². The first-order chi connectivity index (χ1) is 8.28. The number of rotatable bonds is 6. The summed E-state index contributed by atoms with van der Waals surface area (Å²) < 4.78 is 0. The summed E-state index contributed by atoms with van der Waals surface area (Å²) in [6.07, 6.45) is 5.64. The Balaban J connectivity index is 3.22. The molecule has 0 atom stereocenters. The van der Waals surface area contributed by atoms with Gasteiger partial charge in [0.2, 0.25) is 0 Å². The van der Waals surface area contributed by atoms with Crippen LogP contribution in [0.1, 0.15) is 5.56 Å². The molecular formula is C14H16N2S. The van der Waals surface area contributed by atoms with Crippen molar-refractivity contribution in [2.24, 2.45) is 0 Å². The van der Waals surface area contributed by atoms with Crippen LogP contribution in [0.4, 0.5) is 5.69 Å². The van der Waals surface area contributed by atoms with Gasteiger partial charge in [-0.15, -0.1) is 24.9 Å². The number of hydrogen-bond donors (Lipinski definition) is 0. The Kier molecular flexibility index (Phi) is 5.38. The van der Waals surface area contributed by atoms with Crippen molar-refractivity contribution in [3.05, 3.63) is 49.1 Å². The summed E-state index contributed by atoms with van der Waals surface area (Å²) in [7, 11) is 0. The van der Waals surface area contributed by atoms with Crippen molar-refractivity contribution in [1.29, 1.82) is 5.26 Å². The van der Waals surface area contributed by atoms with Crippen molar-refractivity contribution >= 4 is 17.4 Å². The molecule has 0 aliphatic rings. The van der Waals surface area contributed by atoms with E-state index < -0.39 is 0 Å². The largest absolute Gasteiger partial charge is 0.363 e. The molecule has 0 unspecified atom stereocenters. The van der Waals surface area contributed by atoms with E-state index in [9.17, 15) is 5.26 Å². The minimum atomic E-state index is 0.707. The predicted octanol–water partition coefficient (Wildman–Crippen LogP) is 3.46. The van der Waals surface area contributed by atoms with Crippen molar-refractivity contribution in [2.45, 2.75) is 4.90 Å². The molecule has 17 heavy (non-hydrogen) atoms. The maximum atomic E-state index is 9.27. The molecule has 0 heterocycles. The van der Waals surface area contributed by atoms with Crippen LogP contribution in [0.5, 0.6) is 0 Å². The van der Waals surface area contributed by atoms with Crippen LogP contribution in [0.2, 0.25) is 0 Å². The predicted molar refractivity (Wildman–Crippen MR) is 75.5 cm³/mol. The summed E-state index contributed by atoms with van der Waals surface area (Å²) in [5, 5.41) is 9.27. The van der Waals surface area contributed by atoms with E-state index in [-0.39, 0.29) is 0 Å². The van der Waals surface area contributed by atoms with Crippen LogP contribution >= 0.6 is 11.8 Å². The van der Waals surface area contributed by atoms with Gasteiger partial charge in [0.25, 0.3) is 0 Å². The van der Waals surface area contributed by atoms with E-state index in [2.05, 4.69) is 24.1 Å². The molecule has 0 spiro atoms. The highest BCUT2D eigenvalue weighted by molar-refractivity contribution is 7.98.